The molecule has 0 N–H and O–H groups in total. The van der Waals surface area contributed by atoms with Crippen molar-refractivity contribution in [3.8, 4) is 0 Å². The lowest BCUT2D eigenvalue weighted by atomic mass is 10.2. The van der Waals surface area contributed by atoms with Crippen molar-refractivity contribution in [1.29, 1.82) is 0 Å². The molecule has 1 aromatic rings. The molecule has 1 aromatic carbocycles. The predicted octanol–water partition coefficient (Wildman–Crippen LogP) is 3.77. The first-order valence-electron chi connectivity index (χ1n) is 5.15. The van der Waals surface area contributed by atoms with Crippen LogP contribution in [0.2, 0.25) is 0 Å². The van der Waals surface area contributed by atoms with Gasteiger partial charge in [0.2, 0.25) is 0 Å². The van der Waals surface area contributed by atoms with Crippen LogP contribution in [0.3, 0.4) is 0 Å². The van der Waals surface area contributed by atoms with Crippen LogP contribution in [-0.2, 0) is 15.3 Å². The minimum atomic E-state index is -0.235. The van der Waals surface area contributed by atoms with Crippen LogP contribution in [0, 0.1) is 5.82 Å². The fourth-order valence-electron chi connectivity index (χ4n) is 1.25. The summed E-state index contributed by atoms with van der Waals surface area (Å²) in [4.78, 5) is 11.0. The van der Waals surface area contributed by atoms with Gasteiger partial charge in [-0.05, 0) is 17.7 Å². The number of carbonyl (C=O) groups is 1. The van der Waals surface area contributed by atoms with Crippen LogP contribution < -0.4 is 0 Å². The van der Waals surface area contributed by atoms with Crippen LogP contribution in [-0.4, -0.2) is 18.3 Å². The SMILES string of the molecule is COC(=O)CC(C)SCc1ccc(Br)cc1F. The molecule has 2 nitrogen and oxygen atoms in total. The Labute approximate surface area is 113 Å². The van der Waals surface area contributed by atoms with Crippen molar-refractivity contribution in [1.82, 2.24) is 0 Å². The van der Waals surface area contributed by atoms with Crippen LogP contribution in [0.1, 0.15) is 18.9 Å². The summed E-state index contributed by atoms with van der Waals surface area (Å²) in [6.07, 6.45) is 0.347. The summed E-state index contributed by atoms with van der Waals surface area (Å²) in [6.45, 7) is 1.93. The number of ether oxygens (including phenoxy) is 1. The van der Waals surface area contributed by atoms with Crippen molar-refractivity contribution >= 4 is 33.7 Å². The standard InChI is InChI=1S/C12H14BrFO2S/c1-8(5-12(15)16-2)17-7-9-3-4-10(13)6-11(9)14/h3-4,6,8H,5,7H2,1-2H3. The maximum Gasteiger partial charge on any atom is 0.306 e. The molecule has 0 aliphatic rings. The summed E-state index contributed by atoms with van der Waals surface area (Å²) in [5.74, 6) is 0.0931. The number of benzene rings is 1. The first-order chi connectivity index (χ1) is 8.02. The van der Waals surface area contributed by atoms with Gasteiger partial charge in [-0.1, -0.05) is 28.9 Å². The van der Waals surface area contributed by atoms with E-state index >= 15 is 0 Å². The number of halogens is 2. The first-order valence-corrected chi connectivity index (χ1v) is 6.99. The van der Waals surface area contributed by atoms with E-state index in [1.165, 1.54) is 24.9 Å². The smallest absolute Gasteiger partial charge is 0.306 e. The van der Waals surface area contributed by atoms with E-state index < -0.39 is 0 Å². The lowest BCUT2D eigenvalue weighted by molar-refractivity contribution is -0.140. The molecule has 1 unspecified atom stereocenters. The van der Waals surface area contributed by atoms with Crippen LogP contribution in [0.15, 0.2) is 22.7 Å². The Morgan fingerprint density at radius 2 is 2.29 bits per heavy atom. The zero-order chi connectivity index (χ0) is 12.8. The Balaban J connectivity index is 2.47. The van der Waals surface area contributed by atoms with Crippen molar-refractivity contribution in [2.75, 3.05) is 7.11 Å². The maximum atomic E-state index is 13.5. The molecule has 0 spiro atoms. The Morgan fingerprint density at radius 3 is 2.88 bits per heavy atom. The topological polar surface area (TPSA) is 26.3 Å². The average molecular weight is 321 g/mol. The molecule has 0 radical (unpaired) electrons. The highest BCUT2D eigenvalue weighted by molar-refractivity contribution is 9.10. The largest absolute Gasteiger partial charge is 0.469 e. The number of thioether (sulfide) groups is 1. The molecular formula is C12H14BrFO2S. The number of hydrogen-bond acceptors (Lipinski definition) is 3. The van der Waals surface area contributed by atoms with Crippen LogP contribution in [0.5, 0.6) is 0 Å². The van der Waals surface area contributed by atoms with Crippen molar-refractivity contribution in [3.63, 3.8) is 0 Å². The Hall–Kier alpha value is -0.550. The monoisotopic (exact) mass is 320 g/mol. The van der Waals surface area contributed by atoms with Gasteiger partial charge in [-0.2, -0.15) is 11.8 Å². The third kappa shape index (κ3) is 5.08. The van der Waals surface area contributed by atoms with E-state index in [0.29, 0.717) is 17.7 Å². The molecule has 0 bridgehead atoms. The normalized spacial score (nSPS) is 12.2. The van der Waals surface area contributed by atoms with E-state index in [-0.39, 0.29) is 17.0 Å². The Morgan fingerprint density at radius 1 is 1.59 bits per heavy atom. The number of carbonyl (C=O) groups excluding carboxylic acids is 1. The summed E-state index contributed by atoms with van der Waals surface area (Å²) in [7, 11) is 1.37. The van der Waals surface area contributed by atoms with Gasteiger partial charge in [0.1, 0.15) is 5.82 Å². The van der Waals surface area contributed by atoms with Crippen LogP contribution in [0.25, 0.3) is 0 Å². The quantitative estimate of drug-likeness (QED) is 0.772. The van der Waals surface area contributed by atoms with Gasteiger partial charge in [0.15, 0.2) is 0 Å². The highest BCUT2D eigenvalue weighted by Gasteiger charge is 2.11. The van der Waals surface area contributed by atoms with Crippen LogP contribution in [0.4, 0.5) is 4.39 Å². The maximum absolute atomic E-state index is 13.5. The lowest BCUT2D eigenvalue weighted by Gasteiger charge is -2.10. The van der Waals surface area contributed by atoms with E-state index in [9.17, 15) is 9.18 Å². The van der Waals surface area contributed by atoms with E-state index in [1.807, 2.05) is 13.0 Å². The van der Waals surface area contributed by atoms with Crippen molar-refractivity contribution in [3.05, 3.63) is 34.1 Å². The average Bonchev–Trinajstić information content (AvgIpc) is 2.27. The summed E-state index contributed by atoms with van der Waals surface area (Å²) in [6, 6.07) is 5.00. The van der Waals surface area contributed by atoms with Crippen molar-refractivity contribution in [2.45, 2.75) is 24.3 Å². The number of methoxy groups -OCH3 is 1. The van der Waals surface area contributed by atoms with E-state index in [4.69, 9.17) is 0 Å². The van der Waals surface area contributed by atoms with Gasteiger partial charge in [-0.25, -0.2) is 4.39 Å². The Kier molecular flexibility index (Phi) is 5.98. The number of esters is 1. The third-order valence-electron chi connectivity index (χ3n) is 2.22. The minimum Gasteiger partial charge on any atom is -0.469 e. The molecule has 94 valence electrons. The minimum absolute atomic E-state index is 0.116. The Bertz CT molecular complexity index is 398. The van der Waals surface area contributed by atoms with Crippen molar-refractivity contribution < 1.29 is 13.9 Å². The van der Waals surface area contributed by atoms with Gasteiger partial charge in [0.25, 0.3) is 0 Å². The molecule has 1 atom stereocenters. The molecule has 0 saturated heterocycles. The second-order valence-corrected chi connectivity index (χ2v) is 5.98. The van der Waals surface area contributed by atoms with Gasteiger partial charge in [-0.3, -0.25) is 4.79 Å². The molecule has 0 aliphatic heterocycles. The zero-order valence-corrected chi connectivity index (χ0v) is 12.1. The fraction of sp³-hybridized carbons (Fsp3) is 0.417. The number of rotatable bonds is 5. The van der Waals surface area contributed by atoms with E-state index in [2.05, 4.69) is 20.7 Å². The molecule has 0 saturated carbocycles. The lowest BCUT2D eigenvalue weighted by Crippen LogP contribution is -2.08. The summed E-state index contributed by atoms with van der Waals surface area (Å²) >= 11 is 4.75. The molecular weight excluding hydrogens is 307 g/mol. The second-order valence-electron chi connectivity index (χ2n) is 3.64. The van der Waals surface area contributed by atoms with E-state index in [1.54, 1.807) is 6.07 Å². The summed E-state index contributed by atoms with van der Waals surface area (Å²) in [5, 5.41) is 0.116. The zero-order valence-electron chi connectivity index (χ0n) is 9.70. The molecule has 0 fully saturated rings. The van der Waals surface area contributed by atoms with Gasteiger partial charge in [0.05, 0.1) is 13.5 Å². The van der Waals surface area contributed by atoms with Crippen molar-refractivity contribution in [2.24, 2.45) is 0 Å². The molecule has 5 heteroatoms. The van der Waals surface area contributed by atoms with Gasteiger partial charge >= 0.3 is 5.97 Å². The fourth-order valence-corrected chi connectivity index (χ4v) is 2.53. The van der Waals surface area contributed by atoms with Gasteiger partial charge in [-0.15, -0.1) is 0 Å². The van der Waals surface area contributed by atoms with E-state index in [0.717, 1.165) is 4.47 Å². The molecule has 0 heterocycles. The summed E-state index contributed by atoms with van der Waals surface area (Å²) in [5.41, 5.74) is 0.648. The van der Waals surface area contributed by atoms with Gasteiger partial charge < -0.3 is 4.74 Å². The highest BCUT2D eigenvalue weighted by Crippen LogP contribution is 2.23. The summed E-state index contributed by atoms with van der Waals surface area (Å²) < 4.78 is 18.8. The molecule has 1 rings (SSSR count). The molecule has 17 heavy (non-hydrogen) atoms. The van der Waals surface area contributed by atoms with Crippen LogP contribution >= 0.6 is 27.7 Å². The highest BCUT2D eigenvalue weighted by atomic mass is 79.9. The van der Waals surface area contributed by atoms with Gasteiger partial charge in [0, 0.05) is 15.5 Å². The second kappa shape index (κ2) is 7.01. The molecule has 0 amide bonds. The number of hydrogen-bond donors (Lipinski definition) is 0. The first kappa shape index (κ1) is 14.5. The predicted molar refractivity (Wildman–Crippen MR) is 71.5 cm³/mol. The third-order valence-corrected chi connectivity index (χ3v) is 3.93. The molecule has 0 aliphatic carbocycles. The molecule has 0 aromatic heterocycles.